The van der Waals surface area contributed by atoms with Crippen LogP contribution in [0.25, 0.3) is 10.9 Å². The molecule has 3 rings (SSSR count). The summed E-state index contributed by atoms with van der Waals surface area (Å²) in [6.07, 6.45) is 7.83. The minimum absolute atomic E-state index is 0.417. The second kappa shape index (κ2) is 5.00. The molecular weight excluding hydrogens is 254 g/mol. The van der Waals surface area contributed by atoms with Gasteiger partial charge >= 0.3 is 0 Å². The SMILES string of the molecule is CSC1(CNc2ncnc3cccc(C)c23)CCC1. The summed E-state index contributed by atoms with van der Waals surface area (Å²) >= 11 is 1.98. The third kappa shape index (κ3) is 2.29. The summed E-state index contributed by atoms with van der Waals surface area (Å²) in [6.45, 7) is 3.11. The number of hydrogen-bond donors (Lipinski definition) is 1. The van der Waals surface area contributed by atoms with Crippen LogP contribution < -0.4 is 5.32 Å². The Bertz CT molecular complexity index is 582. The van der Waals surface area contributed by atoms with Gasteiger partial charge in [0.25, 0.3) is 0 Å². The van der Waals surface area contributed by atoms with E-state index in [9.17, 15) is 0 Å². The zero-order valence-corrected chi connectivity index (χ0v) is 12.3. The summed E-state index contributed by atoms with van der Waals surface area (Å²) in [5.41, 5.74) is 2.25. The van der Waals surface area contributed by atoms with Crippen LogP contribution in [0.1, 0.15) is 24.8 Å². The minimum atomic E-state index is 0.417. The molecule has 1 N–H and O–H groups in total. The Kier molecular flexibility index (Phi) is 3.35. The maximum atomic E-state index is 4.43. The number of nitrogens with zero attached hydrogens (tertiary/aromatic N) is 2. The van der Waals surface area contributed by atoms with Crippen molar-refractivity contribution in [2.75, 3.05) is 18.1 Å². The lowest BCUT2D eigenvalue weighted by molar-refractivity contribution is 0.379. The lowest BCUT2D eigenvalue weighted by Crippen LogP contribution is -2.40. The Labute approximate surface area is 118 Å². The predicted octanol–water partition coefficient (Wildman–Crippen LogP) is 3.64. The maximum absolute atomic E-state index is 4.43. The van der Waals surface area contributed by atoms with E-state index >= 15 is 0 Å². The zero-order chi connectivity index (χ0) is 13.3. The van der Waals surface area contributed by atoms with Crippen molar-refractivity contribution in [3.8, 4) is 0 Å². The van der Waals surface area contributed by atoms with E-state index in [1.807, 2.05) is 23.9 Å². The molecule has 0 atom stereocenters. The fraction of sp³-hybridized carbons (Fsp3) is 0.467. The molecule has 1 saturated carbocycles. The average Bonchev–Trinajstić information content (AvgIpc) is 2.38. The molecule has 19 heavy (non-hydrogen) atoms. The third-order valence-corrected chi connectivity index (χ3v) is 5.57. The average molecular weight is 273 g/mol. The summed E-state index contributed by atoms with van der Waals surface area (Å²) in [4.78, 5) is 8.78. The summed E-state index contributed by atoms with van der Waals surface area (Å²) in [6, 6.07) is 6.21. The van der Waals surface area contributed by atoms with Gasteiger partial charge in [0, 0.05) is 16.7 Å². The topological polar surface area (TPSA) is 37.8 Å². The van der Waals surface area contributed by atoms with Gasteiger partial charge in [-0.25, -0.2) is 9.97 Å². The molecule has 1 aliphatic carbocycles. The minimum Gasteiger partial charge on any atom is -0.368 e. The van der Waals surface area contributed by atoms with Gasteiger partial charge in [0.1, 0.15) is 12.1 Å². The highest BCUT2D eigenvalue weighted by molar-refractivity contribution is 8.00. The zero-order valence-electron chi connectivity index (χ0n) is 11.4. The fourth-order valence-electron chi connectivity index (χ4n) is 2.68. The molecule has 0 aliphatic heterocycles. The highest BCUT2D eigenvalue weighted by Crippen LogP contribution is 2.42. The van der Waals surface area contributed by atoms with Gasteiger partial charge in [-0.15, -0.1) is 0 Å². The summed E-state index contributed by atoms with van der Waals surface area (Å²) in [5, 5.41) is 4.70. The van der Waals surface area contributed by atoms with Crippen molar-refractivity contribution in [2.24, 2.45) is 0 Å². The first kappa shape index (κ1) is 12.7. The molecule has 1 aromatic heterocycles. The van der Waals surface area contributed by atoms with Crippen LogP contribution in [0.4, 0.5) is 5.82 Å². The van der Waals surface area contributed by atoms with Crippen LogP contribution in [0.5, 0.6) is 0 Å². The van der Waals surface area contributed by atoms with Gasteiger partial charge in [-0.05, 0) is 37.7 Å². The smallest absolute Gasteiger partial charge is 0.137 e. The lowest BCUT2D eigenvalue weighted by atomic mass is 9.84. The number of hydrogen-bond acceptors (Lipinski definition) is 4. The van der Waals surface area contributed by atoms with Crippen LogP contribution in [0, 0.1) is 6.92 Å². The molecule has 1 heterocycles. The Balaban J connectivity index is 1.89. The number of benzene rings is 1. The van der Waals surface area contributed by atoms with Crippen molar-refractivity contribution in [2.45, 2.75) is 30.9 Å². The summed E-state index contributed by atoms with van der Waals surface area (Å²) < 4.78 is 0.417. The summed E-state index contributed by atoms with van der Waals surface area (Å²) in [5.74, 6) is 0.975. The molecule has 1 aliphatic rings. The van der Waals surface area contributed by atoms with Gasteiger partial charge < -0.3 is 5.32 Å². The number of aryl methyl sites for hydroxylation is 1. The second-order valence-electron chi connectivity index (χ2n) is 5.29. The molecule has 3 nitrogen and oxygen atoms in total. The number of aromatic nitrogens is 2. The van der Waals surface area contributed by atoms with Crippen molar-refractivity contribution < 1.29 is 0 Å². The van der Waals surface area contributed by atoms with Gasteiger partial charge in [-0.3, -0.25) is 0 Å². The highest BCUT2D eigenvalue weighted by Gasteiger charge is 2.35. The Morgan fingerprint density at radius 2 is 2.16 bits per heavy atom. The number of fused-ring (bicyclic) bond motifs is 1. The van der Waals surface area contributed by atoms with Crippen LogP contribution in [0.15, 0.2) is 24.5 Å². The Hall–Kier alpha value is -1.29. The molecule has 0 bridgehead atoms. The first-order valence-electron chi connectivity index (χ1n) is 6.73. The molecule has 0 amide bonds. The fourth-order valence-corrected chi connectivity index (χ4v) is 3.60. The largest absolute Gasteiger partial charge is 0.368 e. The highest BCUT2D eigenvalue weighted by atomic mass is 32.2. The quantitative estimate of drug-likeness (QED) is 0.923. The van der Waals surface area contributed by atoms with E-state index in [4.69, 9.17) is 0 Å². The van der Waals surface area contributed by atoms with Gasteiger partial charge in [0.2, 0.25) is 0 Å². The molecule has 2 aromatic rings. The lowest BCUT2D eigenvalue weighted by Gasteiger charge is -2.40. The van der Waals surface area contributed by atoms with Crippen LogP contribution in [0.2, 0.25) is 0 Å². The van der Waals surface area contributed by atoms with Gasteiger partial charge in [0.15, 0.2) is 0 Å². The van der Waals surface area contributed by atoms with Crippen LogP contribution in [-0.4, -0.2) is 27.5 Å². The van der Waals surface area contributed by atoms with E-state index in [0.29, 0.717) is 4.75 Å². The van der Waals surface area contributed by atoms with E-state index in [0.717, 1.165) is 23.3 Å². The first-order chi connectivity index (χ1) is 9.24. The van der Waals surface area contributed by atoms with E-state index < -0.39 is 0 Å². The van der Waals surface area contributed by atoms with E-state index in [1.54, 1.807) is 6.33 Å². The Morgan fingerprint density at radius 1 is 1.32 bits per heavy atom. The second-order valence-corrected chi connectivity index (χ2v) is 6.56. The number of rotatable bonds is 4. The van der Waals surface area contributed by atoms with Crippen LogP contribution in [-0.2, 0) is 0 Å². The molecule has 0 saturated heterocycles. The molecule has 0 unspecified atom stereocenters. The van der Waals surface area contributed by atoms with E-state index in [-0.39, 0.29) is 0 Å². The monoisotopic (exact) mass is 273 g/mol. The van der Waals surface area contributed by atoms with Gasteiger partial charge in [-0.1, -0.05) is 18.6 Å². The van der Waals surface area contributed by atoms with Crippen molar-refractivity contribution in [1.82, 2.24) is 9.97 Å². The number of anilines is 1. The normalized spacial score (nSPS) is 17.2. The van der Waals surface area contributed by atoms with Crippen molar-refractivity contribution in [3.63, 3.8) is 0 Å². The van der Waals surface area contributed by atoms with Crippen molar-refractivity contribution in [3.05, 3.63) is 30.1 Å². The first-order valence-corrected chi connectivity index (χ1v) is 7.96. The van der Waals surface area contributed by atoms with Gasteiger partial charge in [0.05, 0.1) is 5.52 Å². The molecular formula is C15H19N3S. The molecule has 1 fully saturated rings. The molecule has 0 radical (unpaired) electrons. The van der Waals surface area contributed by atoms with Crippen LogP contribution in [0.3, 0.4) is 0 Å². The maximum Gasteiger partial charge on any atom is 0.137 e. The van der Waals surface area contributed by atoms with E-state index in [1.165, 1.54) is 24.8 Å². The number of thioether (sulfide) groups is 1. The predicted molar refractivity (Wildman–Crippen MR) is 82.9 cm³/mol. The third-order valence-electron chi connectivity index (χ3n) is 4.15. The van der Waals surface area contributed by atoms with Crippen molar-refractivity contribution >= 4 is 28.5 Å². The standard InChI is InChI=1S/C15H19N3S/c1-11-5-3-6-12-13(11)14(18-10-17-12)16-9-15(19-2)7-4-8-15/h3,5-6,10H,4,7-9H2,1-2H3,(H,16,17,18). The Morgan fingerprint density at radius 3 is 2.84 bits per heavy atom. The molecule has 1 aromatic carbocycles. The number of nitrogens with one attached hydrogen (secondary N) is 1. The van der Waals surface area contributed by atoms with Gasteiger partial charge in [-0.2, -0.15) is 11.8 Å². The molecule has 0 spiro atoms. The van der Waals surface area contributed by atoms with Crippen molar-refractivity contribution in [1.29, 1.82) is 0 Å². The van der Waals surface area contributed by atoms with Crippen LogP contribution >= 0.6 is 11.8 Å². The summed E-state index contributed by atoms with van der Waals surface area (Å²) in [7, 11) is 0. The molecule has 100 valence electrons. The molecule has 4 heteroatoms. The van der Waals surface area contributed by atoms with E-state index in [2.05, 4.69) is 34.5 Å².